The number of aliphatic hydroxyl groups is 1. The molecule has 3 nitrogen and oxygen atoms in total. The molecule has 1 aliphatic rings. The molecule has 0 spiro atoms. The second-order valence-corrected chi connectivity index (χ2v) is 3.98. The Hall–Kier alpha value is -0.120. The van der Waals surface area contributed by atoms with Crippen molar-refractivity contribution in [2.24, 2.45) is 11.7 Å². The number of aliphatic hydroxyl groups excluding tert-OH is 1. The lowest BCUT2D eigenvalue weighted by molar-refractivity contribution is 0.0644. The minimum Gasteiger partial charge on any atom is -0.395 e. The molecular weight excluding hydrogens is 166 g/mol. The second kappa shape index (κ2) is 6.35. The first kappa shape index (κ1) is 11.0. The Morgan fingerprint density at radius 1 is 1.31 bits per heavy atom. The van der Waals surface area contributed by atoms with Gasteiger partial charge in [-0.05, 0) is 18.8 Å². The summed E-state index contributed by atoms with van der Waals surface area (Å²) in [4.78, 5) is 0. The molecule has 78 valence electrons. The molecule has 1 rings (SSSR count). The van der Waals surface area contributed by atoms with Crippen molar-refractivity contribution in [3.63, 3.8) is 0 Å². The first-order valence-corrected chi connectivity index (χ1v) is 5.27. The summed E-state index contributed by atoms with van der Waals surface area (Å²) in [5.41, 5.74) is 5.51. The van der Waals surface area contributed by atoms with Gasteiger partial charge in [0.25, 0.3) is 0 Å². The van der Waals surface area contributed by atoms with Gasteiger partial charge in [0.2, 0.25) is 0 Å². The van der Waals surface area contributed by atoms with E-state index >= 15 is 0 Å². The van der Waals surface area contributed by atoms with Crippen LogP contribution in [0.2, 0.25) is 0 Å². The van der Waals surface area contributed by atoms with E-state index in [0.717, 1.165) is 12.5 Å². The van der Waals surface area contributed by atoms with Gasteiger partial charge in [-0.25, -0.2) is 0 Å². The highest BCUT2D eigenvalue weighted by Crippen LogP contribution is 2.23. The fourth-order valence-corrected chi connectivity index (χ4v) is 1.79. The van der Waals surface area contributed by atoms with Gasteiger partial charge in [-0.2, -0.15) is 0 Å². The number of ether oxygens (including phenoxy) is 1. The van der Waals surface area contributed by atoms with Crippen LogP contribution in [-0.4, -0.2) is 31.0 Å². The molecule has 0 amide bonds. The Morgan fingerprint density at radius 3 is 2.62 bits per heavy atom. The van der Waals surface area contributed by atoms with Gasteiger partial charge < -0.3 is 15.6 Å². The molecule has 1 atom stereocenters. The van der Waals surface area contributed by atoms with E-state index in [1.165, 1.54) is 32.1 Å². The van der Waals surface area contributed by atoms with Crippen molar-refractivity contribution in [2.75, 3.05) is 19.8 Å². The third-order valence-corrected chi connectivity index (χ3v) is 2.64. The zero-order chi connectivity index (χ0) is 9.52. The van der Waals surface area contributed by atoms with Crippen LogP contribution in [0.4, 0.5) is 0 Å². The first-order valence-electron chi connectivity index (χ1n) is 5.27. The predicted octanol–water partition coefficient (Wildman–Crippen LogP) is 0.903. The van der Waals surface area contributed by atoms with Crippen molar-refractivity contribution in [1.29, 1.82) is 0 Å². The Bertz CT molecular complexity index is 124. The van der Waals surface area contributed by atoms with Crippen LogP contribution in [0.5, 0.6) is 0 Å². The van der Waals surface area contributed by atoms with Crippen molar-refractivity contribution in [3.8, 4) is 0 Å². The lowest BCUT2D eigenvalue weighted by Crippen LogP contribution is -2.31. The van der Waals surface area contributed by atoms with E-state index in [0.29, 0.717) is 6.61 Å². The third-order valence-electron chi connectivity index (χ3n) is 2.64. The van der Waals surface area contributed by atoms with Crippen molar-refractivity contribution < 1.29 is 9.84 Å². The molecule has 3 N–H and O–H groups in total. The van der Waals surface area contributed by atoms with Gasteiger partial charge in [-0.15, -0.1) is 0 Å². The highest BCUT2D eigenvalue weighted by atomic mass is 16.5. The van der Waals surface area contributed by atoms with Crippen LogP contribution in [-0.2, 0) is 4.74 Å². The maximum Gasteiger partial charge on any atom is 0.0640 e. The molecule has 1 aliphatic carbocycles. The van der Waals surface area contributed by atoms with E-state index in [-0.39, 0.29) is 12.6 Å². The second-order valence-electron chi connectivity index (χ2n) is 3.98. The van der Waals surface area contributed by atoms with E-state index in [1.54, 1.807) is 0 Å². The largest absolute Gasteiger partial charge is 0.395 e. The summed E-state index contributed by atoms with van der Waals surface area (Å²) in [6.45, 7) is 1.34. The molecular formula is C10H21NO2. The standard InChI is InChI=1S/C10H21NO2/c11-10(6-12)8-13-7-9-4-2-1-3-5-9/h9-10,12H,1-8,11H2. The molecule has 1 unspecified atom stereocenters. The lowest BCUT2D eigenvalue weighted by atomic mass is 9.90. The van der Waals surface area contributed by atoms with Gasteiger partial charge in [-0.1, -0.05) is 19.3 Å². The molecule has 0 aromatic carbocycles. The minimum atomic E-state index is -0.205. The monoisotopic (exact) mass is 187 g/mol. The average molecular weight is 187 g/mol. The zero-order valence-corrected chi connectivity index (χ0v) is 8.24. The van der Waals surface area contributed by atoms with E-state index in [4.69, 9.17) is 15.6 Å². The Labute approximate surface area is 80.3 Å². The van der Waals surface area contributed by atoms with Gasteiger partial charge in [0, 0.05) is 6.61 Å². The van der Waals surface area contributed by atoms with Crippen LogP contribution in [0.15, 0.2) is 0 Å². The summed E-state index contributed by atoms with van der Waals surface area (Å²) in [6.07, 6.45) is 6.68. The van der Waals surface area contributed by atoms with E-state index in [1.807, 2.05) is 0 Å². The fourth-order valence-electron chi connectivity index (χ4n) is 1.79. The Morgan fingerprint density at radius 2 is 2.00 bits per heavy atom. The molecule has 0 bridgehead atoms. The SMILES string of the molecule is NC(CO)COCC1CCCCC1. The van der Waals surface area contributed by atoms with Crippen LogP contribution in [0.3, 0.4) is 0 Å². The van der Waals surface area contributed by atoms with Crippen molar-refractivity contribution in [3.05, 3.63) is 0 Å². The molecule has 0 aromatic heterocycles. The average Bonchev–Trinajstić information content (AvgIpc) is 2.19. The summed E-state index contributed by atoms with van der Waals surface area (Å²) >= 11 is 0. The van der Waals surface area contributed by atoms with Crippen LogP contribution < -0.4 is 5.73 Å². The number of hydrogen-bond acceptors (Lipinski definition) is 3. The molecule has 0 radical (unpaired) electrons. The lowest BCUT2D eigenvalue weighted by Gasteiger charge is -2.21. The number of rotatable bonds is 5. The molecule has 3 heteroatoms. The predicted molar refractivity (Wildman–Crippen MR) is 52.5 cm³/mol. The maximum atomic E-state index is 8.67. The third kappa shape index (κ3) is 4.60. The van der Waals surface area contributed by atoms with Gasteiger partial charge in [0.1, 0.15) is 0 Å². The van der Waals surface area contributed by atoms with Gasteiger partial charge >= 0.3 is 0 Å². The highest BCUT2D eigenvalue weighted by Gasteiger charge is 2.13. The van der Waals surface area contributed by atoms with Gasteiger partial charge in [0.15, 0.2) is 0 Å². The summed E-state index contributed by atoms with van der Waals surface area (Å²) in [5, 5.41) is 8.67. The summed E-state index contributed by atoms with van der Waals surface area (Å²) in [6, 6.07) is -0.205. The highest BCUT2D eigenvalue weighted by molar-refractivity contribution is 4.65. The summed E-state index contributed by atoms with van der Waals surface area (Å²) in [7, 11) is 0. The van der Waals surface area contributed by atoms with E-state index < -0.39 is 0 Å². The van der Waals surface area contributed by atoms with Crippen molar-refractivity contribution in [1.82, 2.24) is 0 Å². The molecule has 0 saturated heterocycles. The molecule has 1 saturated carbocycles. The molecule has 0 heterocycles. The van der Waals surface area contributed by atoms with Crippen molar-refractivity contribution in [2.45, 2.75) is 38.1 Å². The smallest absolute Gasteiger partial charge is 0.0640 e. The number of hydrogen-bond donors (Lipinski definition) is 2. The quantitative estimate of drug-likeness (QED) is 0.672. The van der Waals surface area contributed by atoms with Crippen LogP contribution in [0.1, 0.15) is 32.1 Å². The Balaban J connectivity index is 1.98. The first-order chi connectivity index (χ1) is 6.33. The van der Waals surface area contributed by atoms with E-state index in [9.17, 15) is 0 Å². The van der Waals surface area contributed by atoms with Crippen molar-refractivity contribution >= 4 is 0 Å². The van der Waals surface area contributed by atoms with Gasteiger partial charge in [0.05, 0.1) is 19.3 Å². The Kier molecular flexibility index (Phi) is 5.35. The molecule has 0 aromatic rings. The van der Waals surface area contributed by atoms with Crippen LogP contribution in [0.25, 0.3) is 0 Å². The van der Waals surface area contributed by atoms with E-state index in [2.05, 4.69) is 0 Å². The van der Waals surface area contributed by atoms with Gasteiger partial charge in [-0.3, -0.25) is 0 Å². The molecule has 1 fully saturated rings. The maximum absolute atomic E-state index is 8.67. The normalized spacial score (nSPS) is 21.7. The fraction of sp³-hybridized carbons (Fsp3) is 1.00. The minimum absolute atomic E-state index is 0.0185. The summed E-state index contributed by atoms with van der Waals surface area (Å²) in [5.74, 6) is 0.736. The summed E-state index contributed by atoms with van der Waals surface area (Å²) < 4.78 is 5.44. The van der Waals surface area contributed by atoms with Crippen LogP contribution in [0, 0.1) is 5.92 Å². The number of nitrogens with two attached hydrogens (primary N) is 1. The van der Waals surface area contributed by atoms with Crippen LogP contribution >= 0.6 is 0 Å². The molecule has 13 heavy (non-hydrogen) atoms. The molecule has 0 aliphatic heterocycles. The zero-order valence-electron chi connectivity index (χ0n) is 8.24. The topological polar surface area (TPSA) is 55.5 Å².